The smallest absolute Gasteiger partial charge is 0.550 e. The molecule has 0 heterocycles. The first-order chi connectivity index (χ1) is 5.20. The second-order valence-corrected chi connectivity index (χ2v) is 1.47. The molecule has 0 aromatic heterocycles. The monoisotopic (exact) mass is 508 g/mol. The summed E-state index contributed by atoms with van der Waals surface area (Å²) in [4.78, 5) is 26.7. The maximum absolute atomic E-state index is 8.89. The van der Waals surface area contributed by atoms with Gasteiger partial charge in [-0.1, -0.05) is 0 Å². The van der Waals surface area contributed by atoms with Crippen LogP contribution in [0.3, 0.4) is 0 Å². The molecule has 0 aliphatic heterocycles. The third-order valence-corrected chi connectivity index (χ3v) is 0. The van der Waals surface area contributed by atoms with Crippen molar-refractivity contribution in [2.45, 2.75) is 20.8 Å². The number of hydrogen-bond acceptors (Lipinski definition) is 6. The van der Waals surface area contributed by atoms with Crippen LogP contribution >= 0.6 is 0 Å². The Bertz CT molecular complexity index is 120. The summed E-state index contributed by atoms with van der Waals surface area (Å²) in [6.45, 7) is 2.92. The van der Waals surface area contributed by atoms with E-state index in [2.05, 4.69) is 0 Å². The normalized spacial score (nSPS) is 5.36. The predicted octanol–water partition coefficient (Wildman–Crippen LogP) is -7.27. The van der Waals surface area contributed by atoms with Gasteiger partial charge in [-0.05, 0) is 20.8 Å². The van der Waals surface area contributed by atoms with Crippen LogP contribution in [-0.2, 0) is 42.1 Å². The fraction of sp³-hybridized carbons (Fsp3) is 0.500. The van der Waals surface area contributed by atoms with Gasteiger partial charge >= 0.3 is 27.7 Å². The van der Waals surface area contributed by atoms with Gasteiger partial charge in [-0.3, -0.25) is 0 Å². The standard InChI is InChI=1S/3C2H4O2.Hg.H2I/c3*1-2(3)4;;/h3*1H3,(H,3,4);;1H2/q;;;+2;+1/p-3. The van der Waals surface area contributed by atoms with Crippen molar-refractivity contribution in [2.24, 2.45) is 0 Å². The molecule has 6 nitrogen and oxygen atoms in total. The molecule has 0 unspecified atom stereocenters. The molecule has 0 aromatic rings. The topological polar surface area (TPSA) is 120 Å². The molecule has 0 aromatic carbocycles. The predicted molar refractivity (Wildman–Crippen MR) is 34.8 cm³/mol. The van der Waals surface area contributed by atoms with Crippen molar-refractivity contribution in [2.75, 3.05) is 0 Å². The minimum Gasteiger partial charge on any atom is -0.550 e. The molecule has 8 heteroatoms. The third kappa shape index (κ3) is 263000. The summed E-state index contributed by atoms with van der Waals surface area (Å²) in [7, 11) is 0. The number of rotatable bonds is 0. The van der Waals surface area contributed by atoms with Crippen LogP contribution < -0.4 is 39.3 Å². The Morgan fingerprint density at radius 1 is 0.714 bits per heavy atom. The fourth-order valence-corrected chi connectivity index (χ4v) is 0. The van der Waals surface area contributed by atoms with E-state index < -0.39 is 17.9 Å². The molecular formula is C6H11HgIO6. The van der Waals surface area contributed by atoms with E-state index in [0.29, 0.717) is 0 Å². The molecular weight excluding hydrogens is 496 g/mol. The second-order valence-electron chi connectivity index (χ2n) is 1.47. The Kier molecular flexibility index (Phi) is 48.3. The largest absolute Gasteiger partial charge is 2.00 e. The zero-order valence-electron chi connectivity index (χ0n) is 8.10. The summed E-state index contributed by atoms with van der Waals surface area (Å²) in [5, 5.41) is 26.7. The van der Waals surface area contributed by atoms with Crippen LogP contribution in [0, 0.1) is 0 Å². The van der Waals surface area contributed by atoms with Gasteiger partial charge in [-0.15, -0.1) is 0 Å². The summed E-state index contributed by atoms with van der Waals surface area (Å²) in [5.41, 5.74) is 0. The van der Waals surface area contributed by atoms with Crippen molar-refractivity contribution in [1.82, 2.24) is 0 Å². The first-order valence-corrected chi connectivity index (χ1v) is 2.72. The van der Waals surface area contributed by atoms with Crippen LogP contribution in [0.4, 0.5) is 0 Å². The molecule has 0 amide bonds. The first kappa shape index (κ1) is 29.2. The molecule has 0 saturated carbocycles. The molecule has 0 radical (unpaired) electrons. The summed E-state index contributed by atoms with van der Waals surface area (Å²) in [6.07, 6.45) is 0. The quantitative estimate of drug-likeness (QED) is 0.238. The van der Waals surface area contributed by atoms with E-state index in [9.17, 15) is 0 Å². The molecule has 0 rings (SSSR count). The molecule has 0 atom stereocenters. The van der Waals surface area contributed by atoms with Crippen molar-refractivity contribution in [3.05, 3.63) is 0 Å². The molecule has 0 spiro atoms. The number of halogens is 1. The van der Waals surface area contributed by atoms with Crippen LogP contribution in [0.15, 0.2) is 0 Å². The average Bonchev–Trinajstić information content (AvgIpc) is 1.54. The van der Waals surface area contributed by atoms with E-state index in [1.165, 1.54) is 0 Å². The van der Waals surface area contributed by atoms with Gasteiger partial charge in [0, 0.05) is 17.9 Å². The Hall–Kier alpha value is 0.0751. The van der Waals surface area contributed by atoms with Crippen molar-refractivity contribution in [1.29, 1.82) is 0 Å². The molecule has 0 aliphatic carbocycles. The maximum atomic E-state index is 8.89. The molecule has 0 saturated heterocycles. The van der Waals surface area contributed by atoms with Gasteiger partial charge in [0.2, 0.25) is 24.0 Å². The Labute approximate surface area is 119 Å². The van der Waals surface area contributed by atoms with Crippen molar-refractivity contribution in [3.8, 4) is 0 Å². The van der Waals surface area contributed by atoms with Gasteiger partial charge in [0.1, 0.15) is 0 Å². The number of carbonyl (C=O) groups excluding carboxylic acids is 3. The van der Waals surface area contributed by atoms with E-state index >= 15 is 0 Å². The van der Waals surface area contributed by atoms with Gasteiger partial charge < -0.3 is 29.7 Å². The minimum absolute atomic E-state index is 0. The Balaban J connectivity index is -0.0000000270. The van der Waals surface area contributed by atoms with Crippen LogP contribution in [-0.4, -0.2) is 17.9 Å². The van der Waals surface area contributed by atoms with Crippen LogP contribution in [0.2, 0.25) is 0 Å². The Morgan fingerprint density at radius 3 is 0.714 bits per heavy atom. The van der Waals surface area contributed by atoms with E-state index in [1.807, 2.05) is 0 Å². The number of aliphatic carboxylic acids is 3. The SMILES string of the molecule is CC(=O)[O-].CC(=O)[O-].CC(=O)[O-].[Hg+2].[IH2+]. The van der Waals surface area contributed by atoms with Gasteiger partial charge in [0.05, 0.1) is 0 Å². The molecule has 0 bridgehead atoms. The van der Waals surface area contributed by atoms with Crippen LogP contribution in [0.25, 0.3) is 0 Å². The van der Waals surface area contributed by atoms with Gasteiger partial charge in [-0.2, -0.15) is 0 Å². The number of carboxylic acids is 3. The molecule has 14 heavy (non-hydrogen) atoms. The minimum atomic E-state index is -1.08. The number of hydrogen-bond donors (Lipinski definition) is 0. The van der Waals surface area contributed by atoms with Crippen molar-refractivity contribution in [3.63, 3.8) is 0 Å². The first-order valence-electron chi connectivity index (χ1n) is 2.72. The zero-order valence-corrected chi connectivity index (χ0v) is 16.2. The molecule has 80 valence electrons. The summed E-state index contributed by atoms with van der Waals surface area (Å²) in [6, 6.07) is 0. The Morgan fingerprint density at radius 2 is 0.714 bits per heavy atom. The number of carboxylic acid groups (broad SMARTS) is 3. The van der Waals surface area contributed by atoms with E-state index in [0.717, 1.165) is 20.8 Å². The van der Waals surface area contributed by atoms with Crippen LogP contribution in [0.5, 0.6) is 0 Å². The zero-order chi connectivity index (χ0) is 10.7. The van der Waals surface area contributed by atoms with Crippen LogP contribution in [0.1, 0.15) is 20.8 Å². The third-order valence-electron chi connectivity index (χ3n) is 0. The second kappa shape index (κ2) is 23.1. The summed E-state index contributed by atoms with van der Waals surface area (Å²) in [5.74, 6) is -3.25. The molecule has 0 N–H and O–H groups in total. The average molecular weight is 507 g/mol. The summed E-state index contributed by atoms with van der Waals surface area (Å²) >= 11 is 0. The fourth-order valence-electron chi connectivity index (χ4n) is 0. The van der Waals surface area contributed by atoms with E-state index in [4.69, 9.17) is 29.7 Å². The van der Waals surface area contributed by atoms with Crippen molar-refractivity contribution >= 4 is 17.9 Å². The molecule has 0 fully saturated rings. The van der Waals surface area contributed by atoms with Gasteiger partial charge in [0.25, 0.3) is 0 Å². The number of carbonyl (C=O) groups is 3. The van der Waals surface area contributed by atoms with Crippen molar-refractivity contribution < 1.29 is 81.3 Å². The van der Waals surface area contributed by atoms with E-state index in [-0.39, 0.29) is 51.6 Å². The van der Waals surface area contributed by atoms with Gasteiger partial charge in [-0.25, -0.2) is 0 Å². The molecule has 0 aliphatic rings. The summed E-state index contributed by atoms with van der Waals surface area (Å²) < 4.78 is 0. The maximum Gasteiger partial charge on any atom is 2.00 e. The van der Waals surface area contributed by atoms with Gasteiger partial charge in [0.15, 0.2) is 0 Å². The van der Waals surface area contributed by atoms with E-state index in [1.54, 1.807) is 0 Å².